The molecule has 2 heterocycles. The Hall–Kier alpha value is -2.70. The fourth-order valence-corrected chi connectivity index (χ4v) is 2.79. The van der Waals surface area contributed by atoms with E-state index in [-0.39, 0.29) is 17.9 Å². The van der Waals surface area contributed by atoms with Crippen LogP contribution in [0.4, 0.5) is 20.8 Å². The normalized spacial score (nSPS) is 17.0. The van der Waals surface area contributed by atoms with Crippen molar-refractivity contribution in [2.45, 2.75) is 26.3 Å². The third-order valence-corrected chi connectivity index (χ3v) is 3.88. The van der Waals surface area contributed by atoms with Crippen molar-refractivity contribution in [3.8, 4) is 0 Å². The summed E-state index contributed by atoms with van der Waals surface area (Å²) in [6.07, 6.45) is 0.827. The Kier molecular flexibility index (Phi) is 4.59. The van der Waals surface area contributed by atoms with Gasteiger partial charge >= 0.3 is 6.03 Å². The van der Waals surface area contributed by atoms with Crippen molar-refractivity contribution >= 4 is 17.7 Å². The van der Waals surface area contributed by atoms with Crippen molar-refractivity contribution in [2.75, 3.05) is 23.3 Å². The number of rotatable bonds is 3. The molecule has 1 aliphatic rings. The third kappa shape index (κ3) is 3.98. The molecule has 1 unspecified atom stereocenters. The molecule has 1 aromatic heterocycles. The van der Waals surface area contributed by atoms with Crippen LogP contribution < -0.4 is 15.5 Å². The molecule has 0 spiro atoms. The van der Waals surface area contributed by atoms with Crippen LogP contribution in [0.3, 0.4) is 0 Å². The molecular formula is C17H20FN5O. The maximum Gasteiger partial charge on any atom is 0.319 e. The van der Waals surface area contributed by atoms with Gasteiger partial charge in [0.15, 0.2) is 0 Å². The number of aromatic nitrogens is 2. The standard InChI is InChI=1S/C17H20FN5O/c1-11-9-12(2)20-16(19-11)23-8-7-15(10-23)22-17(24)21-14-5-3-13(18)4-6-14/h3-6,9,15H,7-8,10H2,1-2H3,(H2,21,22,24). The molecule has 24 heavy (non-hydrogen) atoms. The van der Waals surface area contributed by atoms with Crippen molar-refractivity contribution < 1.29 is 9.18 Å². The predicted octanol–water partition coefficient (Wildman–Crippen LogP) is 2.63. The quantitative estimate of drug-likeness (QED) is 0.908. The molecule has 1 saturated heterocycles. The van der Waals surface area contributed by atoms with Crippen LogP contribution in [0.25, 0.3) is 0 Å². The smallest absolute Gasteiger partial charge is 0.319 e. The Balaban J connectivity index is 1.55. The van der Waals surface area contributed by atoms with Crippen LogP contribution in [-0.4, -0.2) is 35.1 Å². The number of aryl methyl sites for hydroxylation is 2. The molecule has 6 nitrogen and oxygen atoms in total. The second kappa shape index (κ2) is 6.82. The van der Waals surface area contributed by atoms with E-state index in [1.165, 1.54) is 24.3 Å². The van der Waals surface area contributed by atoms with Gasteiger partial charge in [-0.25, -0.2) is 19.2 Å². The lowest BCUT2D eigenvalue weighted by Crippen LogP contribution is -2.40. The number of carbonyl (C=O) groups is 1. The molecule has 1 aliphatic heterocycles. The second-order valence-corrected chi connectivity index (χ2v) is 5.99. The van der Waals surface area contributed by atoms with Gasteiger partial charge in [-0.3, -0.25) is 0 Å². The van der Waals surface area contributed by atoms with Crippen LogP contribution in [0.5, 0.6) is 0 Å². The minimum atomic E-state index is -0.333. The van der Waals surface area contributed by atoms with E-state index in [9.17, 15) is 9.18 Å². The van der Waals surface area contributed by atoms with Crippen molar-refractivity contribution in [2.24, 2.45) is 0 Å². The second-order valence-electron chi connectivity index (χ2n) is 5.99. The molecular weight excluding hydrogens is 309 g/mol. The molecule has 2 N–H and O–H groups in total. The van der Waals surface area contributed by atoms with Crippen LogP contribution in [0.1, 0.15) is 17.8 Å². The first-order valence-corrected chi connectivity index (χ1v) is 7.90. The summed E-state index contributed by atoms with van der Waals surface area (Å²) in [4.78, 5) is 23.0. The van der Waals surface area contributed by atoms with E-state index in [1.807, 2.05) is 19.9 Å². The number of urea groups is 1. The van der Waals surface area contributed by atoms with Gasteiger partial charge in [-0.15, -0.1) is 0 Å². The first kappa shape index (κ1) is 16.2. The molecule has 1 atom stereocenters. The Morgan fingerprint density at radius 1 is 1.21 bits per heavy atom. The number of carbonyl (C=O) groups excluding carboxylic acids is 1. The van der Waals surface area contributed by atoms with E-state index in [0.717, 1.165) is 24.4 Å². The Morgan fingerprint density at radius 3 is 2.54 bits per heavy atom. The summed E-state index contributed by atoms with van der Waals surface area (Å²) in [7, 11) is 0. The zero-order valence-electron chi connectivity index (χ0n) is 13.7. The summed E-state index contributed by atoms with van der Waals surface area (Å²) in [5.74, 6) is 0.372. The lowest BCUT2D eigenvalue weighted by molar-refractivity contribution is 0.249. The molecule has 126 valence electrons. The molecule has 1 aromatic carbocycles. The van der Waals surface area contributed by atoms with Crippen LogP contribution in [0, 0.1) is 19.7 Å². The van der Waals surface area contributed by atoms with Crippen molar-refractivity contribution in [1.29, 1.82) is 0 Å². The van der Waals surface area contributed by atoms with Gasteiger partial charge < -0.3 is 15.5 Å². The van der Waals surface area contributed by atoms with Crippen LogP contribution >= 0.6 is 0 Å². The van der Waals surface area contributed by atoms with E-state index >= 15 is 0 Å². The van der Waals surface area contributed by atoms with Crippen LogP contribution in [0.15, 0.2) is 30.3 Å². The number of amides is 2. The first-order valence-electron chi connectivity index (χ1n) is 7.90. The minimum absolute atomic E-state index is 0.0230. The molecule has 0 bridgehead atoms. The van der Waals surface area contributed by atoms with Crippen molar-refractivity contribution in [1.82, 2.24) is 15.3 Å². The monoisotopic (exact) mass is 329 g/mol. The van der Waals surface area contributed by atoms with E-state index in [0.29, 0.717) is 18.2 Å². The average Bonchev–Trinajstić information content (AvgIpc) is 2.97. The molecule has 2 amide bonds. The van der Waals surface area contributed by atoms with Gasteiger partial charge in [-0.05, 0) is 50.6 Å². The van der Waals surface area contributed by atoms with Gasteiger partial charge in [0.25, 0.3) is 0 Å². The van der Waals surface area contributed by atoms with Crippen molar-refractivity contribution in [3.63, 3.8) is 0 Å². The van der Waals surface area contributed by atoms with E-state index < -0.39 is 0 Å². The van der Waals surface area contributed by atoms with Gasteiger partial charge in [0.2, 0.25) is 5.95 Å². The third-order valence-electron chi connectivity index (χ3n) is 3.88. The summed E-state index contributed by atoms with van der Waals surface area (Å²) < 4.78 is 12.9. The first-order chi connectivity index (χ1) is 11.5. The number of nitrogens with one attached hydrogen (secondary N) is 2. The molecule has 0 radical (unpaired) electrons. The molecule has 0 saturated carbocycles. The lowest BCUT2D eigenvalue weighted by atomic mass is 10.3. The van der Waals surface area contributed by atoms with Gasteiger partial charge in [0.1, 0.15) is 5.82 Å². The van der Waals surface area contributed by atoms with Crippen molar-refractivity contribution in [3.05, 3.63) is 47.5 Å². The SMILES string of the molecule is Cc1cc(C)nc(N2CCC(NC(=O)Nc3ccc(F)cc3)C2)n1. The maximum atomic E-state index is 12.9. The zero-order chi connectivity index (χ0) is 17.1. The highest BCUT2D eigenvalue weighted by molar-refractivity contribution is 5.89. The number of anilines is 2. The summed E-state index contributed by atoms with van der Waals surface area (Å²) >= 11 is 0. The Labute approximate surface area is 140 Å². The topological polar surface area (TPSA) is 70.2 Å². The Morgan fingerprint density at radius 2 is 1.88 bits per heavy atom. The highest BCUT2D eigenvalue weighted by atomic mass is 19.1. The highest BCUT2D eigenvalue weighted by Gasteiger charge is 2.25. The van der Waals surface area contributed by atoms with Crippen LogP contribution in [-0.2, 0) is 0 Å². The largest absolute Gasteiger partial charge is 0.339 e. The number of nitrogens with zero attached hydrogens (tertiary/aromatic N) is 3. The summed E-state index contributed by atoms with van der Waals surface area (Å²) in [6.45, 7) is 5.35. The van der Waals surface area contributed by atoms with E-state index in [1.54, 1.807) is 0 Å². The fraction of sp³-hybridized carbons (Fsp3) is 0.353. The zero-order valence-corrected chi connectivity index (χ0v) is 13.7. The van der Waals surface area contributed by atoms with Crippen LogP contribution in [0.2, 0.25) is 0 Å². The van der Waals surface area contributed by atoms with Gasteiger partial charge in [-0.2, -0.15) is 0 Å². The Bertz CT molecular complexity index is 714. The number of benzene rings is 1. The van der Waals surface area contributed by atoms with E-state index in [4.69, 9.17) is 0 Å². The maximum absolute atomic E-state index is 12.9. The lowest BCUT2D eigenvalue weighted by Gasteiger charge is -2.18. The molecule has 7 heteroatoms. The average molecular weight is 329 g/mol. The minimum Gasteiger partial charge on any atom is -0.339 e. The summed E-state index contributed by atoms with van der Waals surface area (Å²) in [5.41, 5.74) is 2.42. The number of hydrogen-bond donors (Lipinski definition) is 2. The fourth-order valence-electron chi connectivity index (χ4n) is 2.79. The van der Waals surface area contributed by atoms with E-state index in [2.05, 4.69) is 25.5 Å². The molecule has 0 aliphatic carbocycles. The van der Waals surface area contributed by atoms with Gasteiger partial charge in [0, 0.05) is 36.2 Å². The highest BCUT2D eigenvalue weighted by Crippen LogP contribution is 2.17. The molecule has 2 aromatic rings. The summed E-state index contributed by atoms with van der Waals surface area (Å²) in [6, 6.07) is 7.34. The van der Waals surface area contributed by atoms with Gasteiger partial charge in [-0.1, -0.05) is 0 Å². The predicted molar refractivity (Wildman–Crippen MR) is 90.7 cm³/mol. The number of hydrogen-bond acceptors (Lipinski definition) is 4. The van der Waals surface area contributed by atoms with Gasteiger partial charge in [0.05, 0.1) is 0 Å². The summed E-state index contributed by atoms with van der Waals surface area (Å²) in [5, 5.41) is 5.63. The molecule has 3 rings (SSSR count). The molecule has 1 fully saturated rings. The number of halogens is 1.